The van der Waals surface area contributed by atoms with E-state index in [0.717, 1.165) is 15.3 Å². The molecule has 0 spiro atoms. The highest BCUT2D eigenvalue weighted by Crippen LogP contribution is 2.47. The Balaban J connectivity index is 1.70. The summed E-state index contributed by atoms with van der Waals surface area (Å²) in [6.45, 7) is 0. The number of nitrogens with zero attached hydrogens (tertiary/aromatic N) is 2. The zero-order chi connectivity index (χ0) is 25.4. The molecule has 0 fully saturated rings. The lowest BCUT2D eigenvalue weighted by Crippen LogP contribution is -2.29. The van der Waals surface area contributed by atoms with Crippen molar-refractivity contribution in [1.82, 2.24) is 4.98 Å². The fourth-order valence-electron chi connectivity index (χ4n) is 4.12. The van der Waals surface area contributed by atoms with Crippen molar-refractivity contribution in [2.24, 2.45) is 0 Å². The number of fused-ring (bicyclic) bond motifs is 1. The van der Waals surface area contributed by atoms with Gasteiger partial charge in [-0.05, 0) is 54.1 Å². The summed E-state index contributed by atoms with van der Waals surface area (Å²) < 4.78 is 21.8. The number of imide groups is 1. The van der Waals surface area contributed by atoms with E-state index in [1.807, 2.05) is 24.3 Å². The molecule has 5 rings (SSSR count). The second kappa shape index (κ2) is 9.35. The van der Waals surface area contributed by atoms with E-state index < -0.39 is 11.8 Å². The van der Waals surface area contributed by atoms with Crippen molar-refractivity contribution in [3.8, 4) is 44.7 Å². The fraction of sp³-hybridized carbons (Fsp3) is 0.148. The molecule has 2 amide bonds. The van der Waals surface area contributed by atoms with Gasteiger partial charge in [0, 0.05) is 5.56 Å². The molecule has 9 heteroatoms. The summed E-state index contributed by atoms with van der Waals surface area (Å²) in [5.74, 6) is 1.28. The third-order valence-electron chi connectivity index (χ3n) is 5.89. The molecule has 0 saturated heterocycles. The molecule has 0 aliphatic carbocycles. The first-order valence-corrected chi connectivity index (χ1v) is 11.8. The van der Waals surface area contributed by atoms with Crippen LogP contribution in [0.4, 0.5) is 5.13 Å². The predicted octanol–water partition coefficient (Wildman–Crippen LogP) is 5.31. The molecule has 2 heterocycles. The number of anilines is 1. The molecule has 3 aromatic carbocycles. The van der Waals surface area contributed by atoms with Gasteiger partial charge in [0.05, 0.1) is 50.1 Å². The number of rotatable bonds is 7. The highest BCUT2D eigenvalue weighted by Gasteiger charge is 2.39. The van der Waals surface area contributed by atoms with Crippen molar-refractivity contribution in [1.29, 1.82) is 0 Å². The molecule has 36 heavy (non-hydrogen) atoms. The number of hydrogen-bond acceptors (Lipinski definition) is 8. The van der Waals surface area contributed by atoms with E-state index in [0.29, 0.717) is 45.4 Å². The molecule has 0 bridgehead atoms. The number of aromatic nitrogens is 1. The Morgan fingerprint density at radius 2 is 1.31 bits per heavy atom. The van der Waals surface area contributed by atoms with E-state index in [-0.39, 0.29) is 5.13 Å². The molecule has 182 valence electrons. The van der Waals surface area contributed by atoms with Crippen molar-refractivity contribution >= 4 is 28.3 Å². The van der Waals surface area contributed by atoms with Crippen LogP contribution in [-0.4, -0.2) is 45.2 Å². The Kier molecular flexibility index (Phi) is 6.07. The van der Waals surface area contributed by atoms with Crippen LogP contribution in [-0.2, 0) is 0 Å². The van der Waals surface area contributed by atoms with Gasteiger partial charge in [-0.1, -0.05) is 23.5 Å². The summed E-state index contributed by atoms with van der Waals surface area (Å²) >= 11 is 1.25. The highest BCUT2D eigenvalue weighted by molar-refractivity contribution is 7.20. The maximum Gasteiger partial charge on any atom is 0.268 e. The number of hydrogen-bond donors (Lipinski definition) is 0. The molecule has 1 aliphatic rings. The summed E-state index contributed by atoms with van der Waals surface area (Å²) in [5, 5.41) is 0.274. The number of amides is 2. The zero-order valence-electron chi connectivity index (χ0n) is 20.0. The number of ether oxygens (including phenoxy) is 4. The van der Waals surface area contributed by atoms with Gasteiger partial charge in [-0.15, -0.1) is 0 Å². The summed E-state index contributed by atoms with van der Waals surface area (Å²) in [6, 6.07) is 17.8. The summed E-state index contributed by atoms with van der Waals surface area (Å²) in [6.07, 6.45) is 0. The lowest BCUT2D eigenvalue weighted by Gasteiger charge is -2.14. The van der Waals surface area contributed by atoms with E-state index >= 15 is 0 Å². The Morgan fingerprint density at radius 3 is 1.81 bits per heavy atom. The predicted molar refractivity (Wildman–Crippen MR) is 137 cm³/mol. The largest absolute Gasteiger partial charge is 0.497 e. The van der Waals surface area contributed by atoms with Crippen LogP contribution in [0.5, 0.6) is 23.0 Å². The number of methoxy groups -OCH3 is 4. The number of thiazole rings is 1. The lowest BCUT2D eigenvalue weighted by atomic mass is 10.1. The minimum absolute atomic E-state index is 0.274. The van der Waals surface area contributed by atoms with Crippen LogP contribution < -0.4 is 23.8 Å². The minimum Gasteiger partial charge on any atom is -0.497 e. The lowest BCUT2D eigenvalue weighted by molar-refractivity contribution is 0.0926. The number of benzene rings is 3. The Labute approximate surface area is 211 Å². The molecule has 4 aromatic rings. The van der Waals surface area contributed by atoms with Crippen molar-refractivity contribution in [3.05, 3.63) is 71.8 Å². The Morgan fingerprint density at radius 1 is 0.722 bits per heavy atom. The molecule has 0 unspecified atom stereocenters. The van der Waals surface area contributed by atoms with E-state index in [4.69, 9.17) is 23.9 Å². The molecular formula is C27H22N2O6S. The van der Waals surface area contributed by atoms with Gasteiger partial charge >= 0.3 is 0 Å². The first-order chi connectivity index (χ1) is 17.5. The van der Waals surface area contributed by atoms with Crippen LogP contribution in [0.3, 0.4) is 0 Å². The average Bonchev–Trinajstić information content (AvgIpc) is 3.46. The van der Waals surface area contributed by atoms with Gasteiger partial charge in [0.25, 0.3) is 11.8 Å². The first-order valence-electron chi connectivity index (χ1n) is 10.9. The highest BCUT2D eigenvalue weighted by atomic mass is 32.1. The van der Waals surface area contributed by atoms with Crippen LogP contribution >= 0.6 is 11.3 Å². The van der Waals surface area contributed by atoms with E-state index in [2.05, 4.69) is 0 Å². The van der Waals surface area contributed by atoms with Crippen LogP contribution in [0.1, 0.15) is 20.7 Å². The summed E-state index contributed by atoms with van der Waals surface area (Å²) in [5.41, 5.74) is 2.81. The number of carbonyl (C=O) groups excluding carboxylic acids is 2. The van der Waals surface area contributed by atoms with Crippen molar-refractivity contribution in [2.45, 2.75) is 0 Å². The molecule has 0 saturated carbocycles. The van der Waals surface area contributed by atoms with Gasteiger partial charge in [0.1, 0.15) is 5.75 Å². The van der Waals surface area contributed by atoms with Gasteiger partial charge < -0.3 is 18.9 Å². The Hall–Kier alpha value is -4.37. The maximum absolute atomic E-state index is 13.2. The molecule has 0 atom stereocenters. The summed E-state index contributed by atoms with van der Waals surface area (Å²) in [7, 11) is 6.21. The fourth-order valence-corrected chi connectivity index (χ4v) is 5.21. The molecule has 1 aliphatic heterocycles. The van der Waals surface area contributed by atoms with E-state index in [1.165, 1.54) is 32.7 Å². The van der Waals surface area contributed by atoms with Crippen LogP contribution in [0.2, 0.25) is 0 Å². The average molecular weight is 503 g/mol. The van der Waals surface area contributed by atoms with Crippen molar-refractivity contribution < 1.29 is 28.5 Å². The van der Waals surface area contributed by atoms with Crippen LogP contribution in [0, 0.1) is 0 Å². The second-order valence-corrected chi connectivity index (χ2v) is 8.79. The van der Waals surface area contributed by atoms with Crippen molar-refractivity contribution in [3.63, 3.8) is 0 Å². The third-order valence-corrected chi connectivity index (χ3v) is 6.98. The van der Waals surface area contributed by atoms with Gasteiger partial charge in [-0.25, -0.2) is 9.88 Å². The van der Waals surface area contributed by atoms with Crippen molar-refractivity contribution in [2.75, 3.05) is 33.3 Å². The maximum atomic E-state index is 13.2. The normalized spacial score (nSPS) is 12.5. The van der Waals surface area contributed by atoms with E-state index in [9.17, 15) is 9.59 Å². The van der Waals surface area contributed by atoms with Gasteiger partial charge in [-0.3, -0.25) is 9.59 Å². The quantitative estimate of drug-likeness (QED) is 0.317. The SMILES string of the molecule is COc1ccc(-c2sc(N3C(=O)c4ccccc4C3=O)nc2-c2cc(OC)c(OC)c(OC)c2)cc1. The number of carbonyl (C=O) groups is 2. The second-order valence-electron chi connectivity index (χ2n) is 7.81. The molecule has 8 nitrogen and oxygen atoms in total. The van der Waals surface area contributed by atoms with Gasteiger partial charge in [0.15, 0.2) is 11.5 Å². The Bertz CT molecular complexity index is 1420. The zero-order valence-corrected chi connectivity index (χ0v) is 20.8. The van der Waals surface area contributed by atoms with Crippen LogP contribution in [0.15, 0.2) is 60.7 Å². The summed E-state index contributed by atoms with van der Waals surface area (Å²) in [4.78, 5) is 33.0. The molecule has 0 radical (unpaired) electrons. The minimum atomic E-state index is -0.401. The van der Waals surface area contributed by atoms with Gasteiger partial charge in [-0.2, -0.15) is 0 Å². The topological polar surface area (TPSA) is 87.2 Å². The third kappa shape index (κ3) is 3.74. The molecular weight excluding hydrogens is 480 g/mol. The smallest absolute Gasteiger partial charge is 0.268 e. The monoisotopic (exact) mass is 502 g/mol. The van der Waals surface area contributed by atoms with E-state index in [1.54, 1.807) is 43.5 Å². The molecule has 0 N–H and O–H groups in total. The first kappa shape index (κ1) is 23.4. The molecule has 1 aromatic heterocycles. The standard InChI is InChI=1S/C27H22N2O6S/c1-32-17-11-9-15(10-12-17)24-22(16-13-20(33-2)23(35-4)21(14-16)34-3)28-27(36-24)29-25(30)18-7-5-6-8-19(18)26(29)31/h5-14H,1-4H3. The van der Waals surface area contributed by atoms with Gasteiger partial charge in [0.2, 0.25) is 10.9 Å². The van der Waals surface area contributed by atoms with Crippen LogP contribution in [0.25, 0.3) is 21.7 Å².